The molecule has 0 radical (unpaired) electrons. The van der Waals surface area contributed by atoms with Crippen LogP contribution in [0.5, 0.6) is 5.75 Å². The highest BCUT2D eigenvalue weighted by Crippen LogP contribution is 2.40. The van der Waals surface area contributed by atoms with E-state index in [0.29, 0.717) is 0 Å². The maximum Gasteiger partial charge on any atom is 0.416 e. The number of hydrogen-bond donors (Lipinski definition) is 2. The lowest BCUT2D eigenvalue weighted by Crippen LogP contribution is -2.15. The number of benzene rings is 1. The molecule has 4 nitrogen and oxygen atoms in total. The Bertz CT molecular complexity index is 505. The minimum absolute atomic E-state index is 0.0245. The summed E-state index contributed by atoms with van der Waals surface area (Å²) in [5, 5.41) is 8.36. The number of carbonyl (C=O) groups is 1. The maximum absolute atomic E-state index is 12.7. The molecular weight excluding hydrogens is 299 g/mol. The molecule has 8 heteroatoms. The van der Waals surface area contributed by atoms with Crippen molar-refractivity contribution in [2.24, 2.45) is 5.73 Å². The topological polar surface area (TPSA) is 72.5 Å². The van der Waals surface area contributed by atoms with Crippen LogP contribution in [0.2, 0.25) is 5.02 Å². The van der Waals surface area contributed by atoms with Crippen LogP contribution in [0.15, 0.2) is 12.1 Å². The van der Waals surface area contributed by atoms with Crippen molar-refractivity contribution in [3.63, 3.8) is 0 Å². The molecule has 1 atom stereocenters. The lowest BCUT2D eigenvalue weighted by Gasteiger charge is -2.18. The van der Waals surface area contributed by atoms with E-state index >= 15 is 0 Å². The van der Waals surface area contributed by atoms with E-state index in [-0.39, 0.29) is 29.2 Å². The van der Waals surface area contributed by atoms with Crippen LogP contribution in [0, 0.1) is 0 Å². The summed E-state index contributed by atoms with van der Waals surface area (Å²) < 4.78 is 43.1. The van der Waals surface area contributed by atoms with Crippen LogP contribution in [-0.4, -0.2) is 18.2 Å². The molecule has 0 amide bonds. The molecule has 20 heavy (non-hydrogen) atoms. The number of aliphatic carboxylic acids is 1. The lowest BCUT2D eigenvalue weighted by atomic mass is 9.99. The Labute approximate surface area is 118 Å². The van der Waals surface area contributed by atoms with E-state index in [1.807, 2.05) is 0 Å². The summed E-state index contributed by atoms with van der Waals surface area (Å²) in [5.74, 6) is -1.06. The van der Waals surface area contributed by atoms with Gasteiger partial charge in [-0.05, 0) is 18.6 Å². The second kappa shape index (κ2) is 6.32. The van der Waals surface area contributed by atoms with Crippen LogP contribution >= 0.6 is 11.6 Å². The highest BCUT2D eigenvalue weighted by Gasteiger charge is 2.33. The van der Waals surface area contributed by atoms with Gasteiger partial charge in [0.25, 0.3) is 0 Å². The van der Waals surface area contributed by atoms with E-state index in [9.17, 15) is 18.0 Å². The van der Waals surface area contributed by atoms with E-state index < -0.39 is 23.8 Å². The van der Waals surface area contributed by atoms with Crippen LogP contribution < -0.4 is 10.5 Å². The number of carboxylic acids is 1. The average molecular weight is 312 g/mol. The predicted octanol–water partition coefficient (Wildman–Crippen LogP) is 3.23. The molecule has 0 heterocycles. The van der Waals surface area contributed by atoms with Crippen LogP contribution in [0.4, 0.5) is 13.2 Å². The van der Waals surface area contributed by atoms with Crippen LogP contribution in [-0.2, 0) is 11.0 Å². The van der Waals surface area contributed by atoms with Crippen LogP contribution in [0.3, 0.4) is 0 Å². The number of nitrogens with two attached hydrogens (primary N) is 1. The Hall–Kier alpha value is -1.47. The Morgan fingerprint density at radius 2 is 2.10 bits per heavy atom. The summed E-state index contributed by atoms with van der Waals surface area (Å²) >= 11 is 5.75. The molecular formula is C12H13ClF3NO3. The Kier molecular flexibility index (Phi) is 5.24. The van der Waals surface area contributed by atoms with Crippen LogP contribution in [0.1, 0.15) is 30.0 Å². The third kappa shape index (κ3) is 4.01. The Morgan fingerprint density at radius 3 is 2.55 bits per heavy atom. The molecule has 1 aromatic rings. The highest BCUT2D eigenvalue weighted by molar-refractivity contribution is 6.32. The lowest BCUT2D eigenvalue weighted by molar-refractivity contribution is -0.138. The molecule has 3 N–H and O–H groups in total. The predicted molar refractivity (Wildman–Crippen MR) is 66.8 cm³/mol. The van der Waals surface area contributed by atoms with Crippen molar-refractivity contribution in [3.05, 3.63) is 28.3 Å². The van der Waals surface area contributed by atoms with E-state index in [1.54, 1.807) is 0 Å². The van der Waals surface area contributed by atoms with Crippen molar-refractivity contribution in [1.29, 1.82) is 0 Å². The fourth-order valence-electron chi connectivity index (χ4n) is 1.70. The molecule has 0 aliphatic carbocycles. The van der Waals surface area contributed by atoms with Gasteiger partial charge in [-0.15, -0.1) is 0 Å². The minimum Gasteiger partial charge on any atom is -0.495 e. The molecule has 1 rings (SSSR count). The van der Waals surface area contributed by atoms with Crippen molar-refractivity contribution in [2.45, 2.75) is 25.1 Å². The molecule has 0 aromatic heterocycles. The van der Waals surface area contributed by atoms with E-state index in [0.717, 1.165) is 12.1 Å². The fraction of sp³-hybridized carbons (Fsp3) is 0.417. The van der Waals surface area contributed by atoms with Gasteiger partial charge in [0.05, 0.1) is 17.7 Å². The van der Waals surface area contributed by atoms with Gasteiger partial charge in [-0.3, -0.25) is 4.79 Å². The molecule has 0 aliphatic rings. The largest absolute Gasteiger partial charge is 0.495 e. The van der Waals surface area contributed by atoms with Crippen LogP contribution in [0.25, 0.3) is 0 Å². The number of hydrogen-bond acceptors (Lipinski definition) is 3. The van der Waals surface area contributed by atoms with Gasteiger partial charge in [-0.25, -0.2) is 0 Å². The molecule has 0 saturated carbocycles. The molecule has 0 fully saturated rings. The second-order valence-corrected chi connectivity index (χ2v) is 4.52. The first-order chi connectivity index (χ1) is 9.16. The van der Waals surface area contributed by atoms with Gasteiger partial charge >= 0.3 is 12.1 Å². The van der Waals surface area contributed by atoms with Gasteiger partial charge in [-0.2, -0.15) is 13.2 Å². The highest BCUT2D eigenvalue weighted by atomic mass is 35.5. The zero-order valence-electron chi connectivity index (χ0n) is 10.5. The van der Waals surface area contributed by atoms with Crippen molar-refractivity contribution in [2.75, 3.05) is 7.11 Å². The van der Waals surface area contributed by atoms with Gasteiger partial charge < -0.3 is 15.6 Å². The second-order valence-electron chi connectivity index (χ2n) is 4.12. The first-order valence-corrected chi connectivity index (χ1v) is 5.96. The smallest absolute Gasteiger partial charge is 0.416 e. The molecule has 0 bridgehead atoms. The first kappa shape index (κ1) is 16.6. The summed E-state index contributed by atoms with van der Waals surface area (Å²) in [7, 11) is 1.25. The number of halogens is 4. The number of carboxylic acid groups (broad SMARTS) is 1. The fourth-order valence-corrected chi connectivity index (χ4v) is 2.01. The van der Waals surface area contributed by atoms with Gasteiger partial charge in [0, 0.05) is 18.0 Å². The van der Waals surface area contributed by atoms with Gasteiger partial charge in [0.1, 0.15) is 5.75 Å². The average Bonchev–Trinajstić information content (AvgIpc) is 2.33. The summed E-state index contributed by atoms with van der Waals surface area (Å²) in [4.78, 5) is 10.5. The zero-order chi connectivity index (χ0) is 15.5. The first-order valence-electron chi connectivity index (χ1n) is 5.58. The summed E-state index contributed by atoms with van der Waals surface area (Å²) in [6.07, 6.45) is -4.86. The Balaban J connectivity index is 3.21. The van der Waals surface area contributed by atoms with E-state index in [4.69, 9.17) is 27.2 Å². The number of alkyl halides is 3. The SMILES string of the molecule is COc1c(Cl)cc(C(F)(F)F)cc1C(N)CCC(=O)O. The molecule has 0 aliphatic heterocycles. The van der Waals surface area contributed by atoms with Crippen molar-refractivity contribution in [3.8, 4) is 5.75 Å². The standard InChI is InChI=1S/C12H13ClF3NO3/c1-20-11-7(9(17)2-3-10(18)19)4-6(5-8(11)13)12(14,15)16/h4-5,9H,2-3,17H2,1H3,(H,18,19). The summed E-state index contributed by atoms with van der Waals surface area (Å²) in [5.41, 5.74) is 4.81. The number of methoxy groups -OCH3 is 1. The third-order valence-electron chi connectivity index (χ3n) is 2.67. The van der Waals surface area contributed by atoms with Crippen molar-refractivity contribution in [1.82, 2.24) is 0 Å². The van der Waals surface area contributed by atoms with E-state index in [2.05, 4.69) is 0 Å². The van der Waals surface area contributed by atoms with Crippen molar-refractivity contribution < 1.29 is 27.8 Å². The van der Waals surface area contributed by atoms with Crippen molar-refractivity contribution >= 4 is 17.6 Å². The van der Waals surface area contributed by atoms with E-state index in [1.165, 1.54) is 7.11 Å². The molecule has 0 saturated heterocycles. The minimum atomic E-state index is -4.57. The summed E-state index contributed by atoms with van der Waals surface area (Å²) in [6.45, 7) is 0. The Morgan fingerprint density at radius 1 is 1.50 bits per heavy atom. The van der Waals surface area contributed by atoms with Gasteiger partial charge in [0.15, 0.2) is 0 Å². The molecule has 0 spiro atoms. The number of ether oxygens (including phenoxy) is 1. The summed E-state index contributed by atoms with van der Waals surface area (Å²) in [6, 6.07) is 0.659. The molecule has 1 aromatic carbocycles. The monoisotopic (exact) mass is 311 g/mol. The number of rotatable bonds is 5. The molecule has 112 valence electrons. The van der Waals surface area contributed by atoms with Gasteiger partial charge in [0.2, 0.25) is 0 Å². The normalized spacial score (nSPS) is 13.1. The molecule has 1 unspecified atom stereocenters. The zero-order valence-corrected chi connectivity index (χ0v) is 11.3. The quantitative estimate of drug-likeness (QED) is 0.875. The van der Waals surface area contributed by atoms with Gasteiger partial charge in [-0.1, -0.05) is 11.6 Å². The maximum atomic E-state index is 12.7. The third-order valence-corrected chi connectivity index (χ3v) is 2.95.